The summed E-state index contributed by atoms with van der Waals surface area (Å²) in [5.41, 5.74) is 1.91. The largest absolute Gasteiger partial charge is 0.484 e. The molecule has 2 aromatic carbocycles. The van der Waals surface area contributed by atoms with Crippen molar-refractivity contribution in [1.82, 2.24) is 14.8 Å². The van der Waals surface area contributed by atoms with E-state index in [1.165, 1.54) is 11.8 Å². The molecule has 0 aliphatic rings. The number of rotatable bonds is 7. The number of hydrogen-bond donors (Lipinski definition) is 1. The smallest absolute Gasteiger partial charge is 0.234 e. The second-order valence-corrected chi connectivity index (χ2v) is 7.81. The van der Waals surface area contributed by atoms with Gasteiger partial charge in [0.15, 0.2) is 11.0 Å². The number of thioether (sulfide) groups is 1. The summed E-state index contributed by atoms with van der Waals surface area (Å²) in [6.45, 7) is 2.19. The van der Waals surface area contributed by atoms with Crippen molar-refractivity contribution in [2.24, 2.45) is 7.05 Å². The van der Waals surface area contributed by atoms with E-state index in [-0.39, 0.29) is 18.3 Å². The number of amides is 1. The molecule has 0 saturated carbocycles. The van der Waals surface area contributed by atoms with Gasteiger partial charge in [0.05, 0.1) is 10.8 Å². The number of hydrogen-bond acceptors (Lipinski definition) is 5. The molecule has 0 aliphatic heterocycles. The molecular formula is C19H18Cl2N4O2S. The topological polar surface area (TPSA) is 69.0 Å². The van der Waals surface area contributed by atoms with Crippen molar-refractivity contribution in [1.29, 1.82) is 0 Å². The van der Waals surface area contributed by atoms with Crippen molar-refractivity contribution in [2.75, 3.05) is 11.1 Å². The number of nitrogens with zero attached hydrogens (tertiary/aromatic N) is 3. The number of nitrogens with one attached hydrogen (secondary N) is 1. The maximum absolute atomic E-state index is 12.1. The van der Waals surface area contributed by atoms with Crippen molar-refractivity contribution in [3.8, 4) is 5.75 Å². The van der Waals surface area contributed by atoms with E-state index >= 15 is 0 Å². The Balaban J connectivity index is 1.54. The van der Waals surface area contributed by atoms with Gasteiger partial charge in [-0.25, -0.2) is 0 Å². The summed E-state index contributed by atoms with van der Waals surface area (Å²) in [6, 6.07) is 12.7. The number of anilines is 1. The summed E-state index contributed by atoms with van der Waals surface area (Å²) in [7, 11) is 1.82. The average Bonchev–Trinajstić information content (AvgIpc) is 3.01. The molecule has 6 nitrogen and oxygen atoms in total. The minimum atomic E-state index is -0.109. The first-order chi connectivity index (χ1) is 13.4. The van der Waals surface area contributed by atoms with E-state index in [0.717, 1.165) is 11.3 Å². The van der Waals surface area contributed by atoms with Gasteiger partial charge in [0.1, 0.15) is 12.4 Å². The van der Waals surface area contributed by atoms with Crippen LogP contribution in [0.2, 0.25) is 10.0 Å². The number of carbonyl (C=O) groups is 1. The second kappa shape index (κ2) is 9.32. The number of aryl methyl sites for hydroxylation is 1. The second-order valence-electron chi connectivity index (χ2n) is 6.02. The third-order valence-corrected chi connectivity index (χ3v) is 5.39. The maximum Gasteiger partial charge on any atom is 0.234 e. The first-order valence-corrected chi connectivity index (χ1v) is 10.1. The molecule has 0 saturated heterocycles. The zero-order valence-electron chi connectivity index (χ0n) is 15.3. The zero-order chi connectivity index (χ0) is 20.1. The van der Waals surface area contributed by atoms with Crippen molar-refractivity contribution < 1.29 is 9.53 Å². The SMILES string of the molecule is Cc1ccc(NC(=O)CSc2nnc(COc3ccc(Cl)cc3Cl)n2C)cc1. The number of ether oxygens (including phenoxy) is 1. The molecule has 0 spiro atoms. The highest BCUT2D eigenvalue weighted by Crippen LogP contribution is 2.28. The Morgan fingerprint density at radius 1 is 1.18 bits per heavy atom. The van der Waals surface area contributed by atoms with Gasteiger partial charge < -0.3 is 14.6 Å². The maximum atomic E-state index is 12.1. The Hall–Kier alpha value is -2.22. The van der Waals surface area contributed by atoms with Crippen molar-refractivity contribution in [3.63, 3.8) is 0 Å². The van der Waals surface area contributed by atoms with Crippen LogP contribution < -0.4 is 10.1 Å². The summed E-state index contributed by atoms with van der Waals surface area (Å²) < 4.78 is 7.47. The first-order valence-electron chi connectivity index (χ1n) is 8.38. The predicted molar refractivity (Wildman–Crippen MR) is 112 cm³/mol. The van der Waals surface area contributed by atoms with Gasteiger partial charge in [-0.15, -0.1) is 10.2 Å². The Morgan fingerprint density at radius 3 is 2.64 bits per heavy atom. The van der Waals surface area contributed by atoms with Crippen LogP contribution in [0, 0.1) is 6.92 Å². The molecule has 1 heterocycles. The van der Waals surface area contributed by atoms with E-state index < -0.39 is 0 Å². The molecule has 0 atom stereocenters. The van der Waals surface area contributed by atoms with E-state index in [1.807, 2.05) is 38.2 Å². The Kier molecular flexibility index (Phi) is 6.83. The molecule has 28 heavy (non-hydrogen) atoms. The van der Waals surface area contributed by atoms with Crippen LogP contribution in [0.1, 0.15) is 11.4 Å². The van der Waals surface area contributed by atoms with Crippen LogP contribution >= 0.6 is 35.0 Å². The van der Waals surface area contributed by atoms with Crippen LogP contribution in [-0.2, 0) is 18.4 Å². The summed E-state index contributed by atoms with van der Waals surface area (Å²) in [5.74, 6) is 1.25. The molecule has 9 heteroatoms. The van der Waals surface area contributed by atoms with Crippen molar-refractivity contribution in [3.05, 3.63) is 63.9 Å². The van der Waals surface area contributed by atoms with Gasteiger partial charge in [0, 0.05) is 17.8 Å². The molecule has 0 bridgehead atoms. The lowest BCUT2D eigenvalue weighted by Crippen LogP contribution is -2.14. The van der Waals surface area contributed by atoms with Crippen LogP contribution in [0.4, 0.5) is 5.69 Å². The van der Waals surface area contributed by atoms with Crippen LogP contribution in [0.25, 0.3) is 0 Å². The highest BCUT2D eigenvalue weighted by Gasteiger charge is 2.13. The van der Waals surface area contributed by atoms with Crippen molar-refractivity contribution >= 4 is 46.6 Å². The van der Waals surface area contributed by atoms with E-state index in [0.29, 0.717) is 26.8 Å². The molecule has 3 rings (SSSR count). The number of benzene rings is 2. The molecule has 1 aromatic heterocycles. The monoisotopic (exact) mass is 436 g/mol. The van der Waals surface area contributed by atoms with Gasteiger partial charge in [0.2, 0.25) is 5.91 Å². The lowest BCUT2D eigenvalue weighted by Gasteiger charge is -2.08. The van der Waals surface area contributed by atoms with Gasteiger partial charge in [-0.2, -0.15) is 0 Å². The fraction of sp³-hybridized carbons (Fsp3) is 0.211. The number of aromatic nitrogens is 3. The van der Waals surface area contributed by atoms with Crippen LogP contribution in [-0.4, -0.2) is 26.4 Å². The molecule has 0 radical (unpaired) electrons. The average molecular weight is 437 g/mol. The summed E-state index contributed by atoms with van der Waals surface area (Å²) >= 11 is 13.3. The Labute approximate surface area is 177 Å². The van der Waals surface area contributed by atoms with Gasteiger partial charge in [0.25, 0.3) is 0 Å². The molecule has 1 amide bonds. The fourth-order valence-electron chi connectivity index (χ4n) is 2.30. The lowest BCUT2D eigenvalue weighted by molar-refractivity contribution is -0.113. The van der Waals surface area contributed by atoms with Gasteiger partial charge in [-0.05, 0) is 37.3 Å². The summed E-state index contributed by atoms with van der Waals surface area (Å²) in [4.78, 5) is 12.1. The Morgan fingerprint density at radius 2 is 1.93 bits per heavy atom. The summed E-state index contributed by atoms with van der Waals surface area (Å²) in [5, 5.41) is 12.7. The van der Waals surface area contributed by atoms with Crippen molar-refractivity contribution in [2.45, 2.75) is 18.7 Å². The minimum Gasteiger partial charge on any atom is -0.484 e. The molecule has 1 N–H and O–H groups in total. The molecule has 0 aliphatic carbocycles. The highest BCUT2D eigenvalue weighted by atomic mass is 35.5. The molecule has 3 aromatic rings. The highest BCUT2D eigenvalue weighted by molar-refractivity contribution is 7.99. The van der Waals surface area contributed by atoms with Crippen LogP contribution in [0.3, 0.4) is 0 Å². The minimum absolute atomic E-state index is 0.109. The fourth-order valence-corrected chi connectivity index (χ4v) is 3.49. The van der Waals surface area contributed by atoms with E-state index in [1.54, 1.807) is 22.8 Å². The standard InChI is InChI=1S/C19H18Cl2N4O2S/c1-12-3-6-14(7-4-12)22-18(26)11-28-19-24-23-17(25(19)2)10-27-16-8-5-13(20)9-15(16)21/h3-9H,10-11H2,1-2H3,(H,22,26). The number of halogens is 2. The molecular weight excluding hydrogens is 419 g/mol. The predicted octanol–water partition coefficient (Wildman–Crippen LogP) is 4.74. The van der Waals surface area contributed by atoms with E-state index in [2.05, 4.69) is 15.5 Å². The normalized spacial score (nSPS) is 10.7. The van der Waals surface area contributed by atoms with Gasteiger partial charge in [-0.1, -0.05) is 52.7 Å². The Bertz CT molecular complexity index is 977. The molecule has 146 valence electrons. The van der Waals surface area contributed by atoms with E-state index in [4.69, 9.17) is 27.9 Å². The van der Waals surface area contributed by atoms with Crippen LogP contribution in [0.5, 0.6) is 5.75 Å². The van der Waals surface area contributed by atoms with E-state index in [9.17, 15) is 4.79 Å². The first kappa shape index (κ1) is 20.5. The van der Waals surface area contributed by atoms with Gasteiger partial charge in [-0.3, -0.25) is 4.79 Å². The summed E-state index contributed by atoms with van der Waals surface area (Å²) in [6.07, 6.45) is 0. The third-order valence-electron chi connectivity index (χ3n) is 3.84. The van der Waals surface area contributed by atoms with Crippen LogP contribution in [0.15, 0.2) is 47.6 Å². The molecule has 0 fully saturated rings. The zero-order valence-corrected chi connectivity index (χ0v) is 17.6. The number of carbonyl (C=O) groups excluding carboxylic acids is 1. The third kappa shape index (κ3) is 5.41. The molecule has 0 unspecified atom stereocenters. The quantitative estimate of drug-likeness (QED) is 0.541. The lowest BCUT2D eigenvalue weighted by atomic mass is 10.2. The van der Waals surface area contributed by atoms with Gasteiger partial charge >= 0.3 is 0 Å².